The third-order valence-electron chi connectivity index (χ3n) is 3.56. The van der Waals surface area contributed by atoms with Crippen LogP contribution in [0, 0.1) is 5.41 Å². The lowest BCUT2D eigenvalue weighted by molar-refractivity contribution is 0.00357. The number of likely N-dealkylation sites (tertiary alicyclic amines) is 1. The molecule has 2 N–H and O–H groups in total. The van der Waals surface area contributed by atoms with Gasteiger partial charge in [-0.2, -0.15) is 0 Å². The Balaban J connectivity index is 1.97. The van der Waals surface area contributed by atoms with Crippen LogP contribution in [0.25, 0.3) is 0 Å². The van der Waals surface area contributed by atoms with E-state index in [1.807, 2.05) is 20.8 Å². The quantitative estimate of drug-likeness (QED) is 0.696. The van der Waals surface area contributed by atoms with Crippen molar-refractivity contribution < 1.29 is 14.3 Å². The highest BCUT2D eigenvalue weighted by Crippen LogP contribution is 2.30. The van der Waals surface area contributed by atoms with Crippen molar-refractivity contribution in [3.05, 3.63) is 0 Å². The summed E-state index contributed by atoms with van der Waals surface area (Å²) in [6, 6.07) is -0.125. The summed E-state index contributed by atoms with van der Waals surface area (Å²) in [6.07, 6.45) is 1.69. The number of amides is 3. The van der Waals surface area contributed by atoms with Crippen molar-refractivity contribution in [2.24, 2.45) is 5.41 Å². The molecule has 6 nitrogen and oxygen atoms in total. The summed E-state index contributed by atoms with van der Waals surface area (Å²) in [4.78, 5) is 25.0. The van der Waals surface area contributed by atoms with Gasteiger partial charge in [0.05, 0.1) is 0 Å². The lowest BCUT2D eigenvalue weighted by Gasteiger charge is -2.45. The second-order valence-electron chi connectivity index (χ2n) is 6.54. The summed E-state index contributed by atoms with van der Waals surface area (Å²) in [5.74, 6) is 0. The van der Waals surface area contributed by atoms with Crippen LogP contribution in [0.3, 0.4) is 0 Å². The van der Waals surface area contributed by atoms with Crippen LogP contribution in [-0.4, -0.2) is 48.8 Å². The Morgan fingerprint density at radius 2 is 1.95 bits per heavy atom. The number of carbonyl (C=O) groups is 2. The van der Waals surface area contributed by atoms with Crippen LogP contribution in [-0.2, 0) is 4.74 Å². The van der Waals surface area contributed by atoms with Gasteiger partial charge in [-0.25, -0.2) is 9.59 Å². The summed E-state index contributed by atoms with van der Waals surface area (Å²) < 4.78 is 5.41. The maximum Gasteiger partial charge on any atom is 0.410 e. The first kappa shape index (κ1) is 14.0. The standard InChI is InChI=1S/C13H23N3O3/c1-12(2,3)19-11(18)16-6-4-5-13(9-16)7-14-10(17)15-8-13/h4-9H2,1-3H3,(H2,14,15,17). The molecule has 2 fully saturated rings. The van der Waals surface area contributed by atoms with Gasteiger partial charge in [0.2, 0.25) is 0 Å². The molecule has 0 aromatic heterocycles. The van der Waals surface area contributed by atoms with Gasteiger partial charge >= 0.3 is 12.1 Å². The van der Waals surface area contributed by atoms with E-state index in [0.717, 1.165) is 19.4 Å². The van der Waals surface area contributed by atoms with Crippen molar-refractivity contribution in [1.29, 1.82) is 0 Å². The number of urea groups is 1. The van der Waals surface area contributed by atoms with E-state index in [1.54, 1.807) is 4.90 Å². The van der Waals surface area contributed by atoms with Gasteiger partial charge in [0.15, 0.2) is 0 Å². The zero-order chi connectivity index (χ0) is 14.1. The van der Waals surface area contributed by atoms with Crippen molar-refractivity contribution >= 4 is 12.1 Å². The monoisotopic (exact) mass is 269 g/mol. The number of rotatable bonds is 0. The van der Waals surface area contributed by atoms with Gasteiger partial charge in [0.1, 0.15) is 5.60 Å². The molecule has 6 heteroatoms. The molecule has 2 aliphatic rings. The fourth-order valence-corrected chi connectivity index (χ4v) is 2.64. The number of nitrogens with zero attached hydrogens (tertiary/aromatic N) is 1. The molecule has 0 bridgehead atoms. The molecule has 1 spiro atoms. The smallest absolute Gasteiger partial charge is 0.410 e. The van der Waals surface area contributed by atoms with Crippen molar-refractivity contribution in [3.63, 3.8) is 0 Å². The Morgan fingerprint density at radius 1 is 1.32 bits per heavy atom. The van der Waals surface area contributed by atoms with Crippen molar-refractivity contribution in [2.45, 2.75) is 39.2 Å². The molecule has 0 aromatic carbocycles. The van der Waals surface area contributed by atoms with E-state index in [1.165, 1.54) is 0 Å². The van der Waals surface area contributed by atoms with Crippen LogP contribution in [0.15, 0.2) is 0 Å². The fourth-order valence-electron chi connectivity index (χ4n) is 2.64. The zero-order valence-electron chi connectivity index (χ0n) is 11.9. The number of ether oxygens (including phenoxy) is 1. The minimum atomic E-state index is -0.472. The average Bonchev–Trinajstić information content (AvgIpc) is 2.32. The maximum atomic E-state index is 12.1. The highest BCUT2D eigenvalue weighted by molar-refractivity contribution is 5.75. The first-order chi connectivity index (χ1) is 8.80. The molecule has 0 aliphatic carbocycles. The lowest BCUT2D eigenvalue weighted by atomic mass is 9.79. The Labute approximate surface area is 113 Å². The third kappa shape index (κ3) is 3.52. The molecule has 19 heavy (non-hydrogen) atoms. The van der Waals surface area contributed by atoms with Gasteiger partial charge in [-0.15, -0.1) is 0 Å². The van der Waals surface area contributed by atoms with Crippen molar-refractivity contribution in [2.75, 3.05) is 26.2 Å². The summed E-state index contributed by atoms with van der Waals surface area (Å²) in [6.45, 7) is 8.21. The molecule has 2 rings (SSSR count). The molecular weight excluding hydrogens is 246 g/mol. The normalized spacial score (nSPS) is 22.7. The molecule has 2 saturated heterocycles. The molecule has 2 aliphatic heterocycles. The number of carbonyl (C=O) groups excluding carboxylic acids is 2. The van der Waals surface area contributed by atoms with E-state index >= 15 is 0 Å². The van der Waals surface area contributed by atoms with Crippen molar-refractivity contribution in [1.82, 2.24) is 15.5 Å². The zero-order valence-corrected chi connectivity index (χ0v) is 11.9. The molecule has 2 heterocycles. The second-order valence-corrected chi connectivity index (χ2v) is 6.54. The van der Waals surface area contributed by atoms with E-state index in [4.69, 9.17) is 4.74 Å². The van der Waals surface area contributed by atoms with Crippen LogP contribution in [0.4, 0.5) is 9.59 Å². The molecule has 0 unspecified atom stereocenters. The highest BCUT2D eigenvalue weighted by atomic mass is 16.6. The summed E-state index contributed by atoms with van der Waals surface area (Å²) >= 11 is 0. The fraction of sp³-hybridized carbons (Fsp3) is 0.846. The van der Waals surface area contributed by atoms with Crippen molar-refractivity contribution in [3.8, 4) is 0 Å². The molecule has 3 amide bonds. The first-order valence-corrected chi connectivity index (χ1v) is 6.79. The van der Waals surface area contributed by atoms with Crippen LogP contribution >= 0.6 is 0 Å². The Bertz CT molecular complexity index is 366. The van der Waals surface area contributed by atoms with Crippen LogP contribution < -0.4 is 10.6 Å². The Hall–Kier alpha value is -1.46. The summed E-state index contributed by atoms with van der Waals surface area (Å²) in [5.41, 5.74) is -0.524. The van der Waals surface area contributed by atoms with Gasteiger partial charge in [-0.3, -0.25) is 0 Å². The number of hydrogen-bond acceptors (Lipinski definition) is 3. The summed E-state index contributed by atoms with van der Waals surface area (Å²) in [5, 5.41) is 5.64. The van der Waals surface area contributed by atoms with Gasteiger partial charge in [0, 0.05) is 31.6 Å². The molecule has 0 atom stereocenters. The van der Waals surface area contributed by atoms with Crippen LogP contribution in [0.1, 0.15) is 33.6 Å². The first-order valence-electron chi connectivity index (χ1n) is 6.79. The minimum absolute atomic E-state index is 0.0525. The van der Waals surface area contributed by atoms with E-state index in [0.29, 0.717) is 19.6 Å². The van der Waals surface area contributed by atoms with Gasteiger partial charge < -0.3 is 20.3 Å². The van der Waals surface area contributed by atoms with E-state index in [-0.39, 0.29) is 17.5 Å². The number of nitrogens with one attached hydrogen (secondary N) is 2. The predicted molar refractivity (Wildman–Crippen MR) is 70.9 cm³/mol. The van der Waals surface area contributed by atoms with Crippen LogP contribution in [0.5, 0.6) is 0 Å². The van der Waals surface area contributed by atoms with E-state index < -0.39 is 5.60 Å². The van der Waals surface area contributed by atoms with Gasteiger partial charge in [-0.1, -0.05) is 0 Å². The lowest BCUT2D eigenvalue weighted by Crippen LogP contribution is -2.61. The van der Waals surface area contributed by atoms with E-state index in [9.17, 15) is 9.59 Å². The predicted octanol–water partition coefficient (Wildman–Crippen LogP) is 1.32. The molecule has 0 aromatic rings. The highest BCUT2D eigenvalue weighted by Gasteiger charge is 2.40. The Morgan fingerprint density at radius 3 is 2.53 bits per heavy atom. The van der Waals surface area contributed by atoms with Crippen LogP contribution in [0.2, 0.25) is 0 Å². The van der Waals surface area contributed by atoms with Gasteiger partial charge in [0.25, 0.3) is 0 Å². The van der Waals surface area contributed by atoms with Gasteiger partial charge in [-0.05, 0) is 33.6 Å². The SMILES string of the molecule is CC(C)(C)OC(=O)N1CCCC2(CNC(=O)NC2)C1. The minimum Gasteiger partial charge on any atom is -0.444 e. The second kappa shape index (κ2) is 4.90. The topological polar surface area (TPSA) is 70.7 Å². The maximum absolute atomic E-state index is 12.1. The largest absolute Gasteiger partial charge is 0.444 e. The molecule has 108 valence electrons. The third-order valence-corrected chi connectivity index (χ3v) is 3.56. The molecule has 0 saturated carbocycles. The number of hydrogen-bond donors (Lipinski definition) is 2. The Kier molecular flexibility index (Phi) is 3.60. The molecule has 0 radical (unpaired) electrons. The summed E-state index contributed by atoms with van der Waals surface area (Å²) in [7, 11) is 0. The molecular formula is C13H23N3O3. The number of piperidine rings is 1. The average molecular weight is 269 g/mol. The van der Waals surface area contributed by atoms with E-state index in [2.05, 4.69) is 10.6 Å².